The lowest BCUT2D eigenvalue weighted by atomic mass is 10.1. The molecule has 1 saturated carbocycles. The van der Waals surface area contributed by atoms with E-state index in [1.807, 2.05) is 0 Å². The number of nitrogens with one attached hydrogen (secondary N) is 1. The van der Waals surface area contributed by atoms with Crippen LogP contribution in [0.2, 0.25) is 0 Å². The molecule has 1 aromatic rings. The number of aromatic carboxylic acids is 1. The van der Waals surface area contributed by atoms with Gasteiger partial charge in [-0.05, 0) is 26.2 Å². The lowest BCUT2D eigenvalue weighted by Gasteiger charge is -2.15. The summed E-state index contributed by atoms with van der Waals surface area (Å²) in [4.78, 5) is 11.2. The van der Waals surface area contributed by atoms with Crippen LogP contribution < -0.4 is 5.32 Å². The molecule has 1 aliphatic carbocycles. The summed E-state index contributed by atoms with van der Waals surface area (Å²) in [6.07, 6.45) is 3.72. The summed E-state index contributed by atoms with van der Waals surface area (Å²) in [6, 6.07) is 0.287. The predicted octanol–water partition coefficient (Wildman–Crippen LogP) is 2.03. The number of carboxylic acid groups (broad SMARTS) is 1. The molecule has 0 bridgehead atoms. The van der Waals surface area contributed by atoms with Crippen LogP contribution in [-0.4, -0.2) is 26.9 Å². The zero-order valence-corrected chi connectivity index (χ0v) is 10.5. The molecule has 0 aromatic carbocycles. The van der Waals surface area contributed by atoms with E-state index in [0.717, 1.165) is 12.3 Å². The van der Waals surface area contributed by atoms with Crippen molar-refractivity contribution in [3.05, 3.63) is 11.3 Å². The summed E-state index contributed by atoms with van der Waals surface area (Å²) in [6.45, 7) is 3.81. The first-order valence-electron chi connectivity index (χ1n) is 6.02. The Kier molecular flexibility index (Phi) is 3.09. The fourth-order valence-electron chi connectivity index (χ4n) is 2.23. The van der Waals surface area contributed by atoms with Crippen molar-refractivity contribution in [2.24, 2.45) is 13.0 Å². The molecular formula is C12H19N3O2. The number of hydrogen-bond acceptors (Lipinski definition) is 3. The molecule has 2 rings (SSSR count). The Labute approximate surface area is 101 Å². The number of carboxylic acids is 1. The number of carbonyl (C=O) groups is 1. The Morgan fingerprint density at radius 3 is 2.82 bits per heavy atom. The summed E-state index contributed by atoms with van der Waals surface area (Å²) in [5.74, 6) is 0.514. The second kappa shape index (κ2) is 4.39. The average molecular weight is 237 g/mol. The molecule has 0 saturated heterocycles. The zero-order valence-electron chi connectivity index (χ0n) is 10.5. The van der Waals surface area contributed by atoms with Gasteiger partial charge in [-0.2, -0.15) is 5.10 Å². The molecule has 0 aliphatic heterocycles. The van der Waals surface area contributed by atoms with Crippen LogP contribution in [0.25, 0.3) is 0 Å². The highest BCUT2D eigenvalue weighted by Gasteiger charge is 2.26. The van der Waals surface area contributed by atoms with E-state index in [-0.39, 0.29) is 11.6 Å². The summed E-state index contributed by atoms with van der Waals surface area (Å²) in [5, 5.41) is 16.6. The van der Waals surface area contributed by atoms with Gasteiger partial charge in [-0.25, -0.2) is 4.79 Å². The van der Waals surface area contributed by atoms with Crippen molar-refractivity contribution >= 4 is 11.8 Å². The van der Waals surface area contributed by atoms with Crippen LogP contribution in [0.1, 0.15) is 42.2 Å². The van der Waals surface area contributed by atoms with Crippen molar-refractivity contribution < 1.29 is 9.90 Å². The third-order valence-electron chi connectivity index (χ3n) is 3.20. The molecule has 2 N–H and O–H groups in total. The molecule has 17 heavy (non-hydrogen) atoms. The standard InChI is InChI=1S/C12H19N3O2/c1-7(6-9-4-5-9)13-11-10(12(16)17)8(2)14-15(11)3/h7,9,13H,4-6H2,1-3H3,(H,16,17). The molecule has 1 aliphatic rings. The molecule has 1 atom stereocenters. The Morgan fingerprint density at radius 2 is 2.29 bits per heavy atom. The summed E-state index contributed by atoms with van der Waals surface area (Å²) in [5.41, 5.74) is 0.844. The third-order valence-corrected chi connectivity index (χ3v) is 3.20. The summed E-state index contributed by atoms with van der Waals surface area (Å²) < 4.78 is 1.61. The van der Waals surface area contributed by atoms with Crippen LogP contribution in [0.3, 0.4) is 0 Å². The average Bonchev–Trinajstić information content (AvgIpc) is 2.94. The van der Waals surface area contributed by atoms with Crippen molar-refractivity contribution in [1.82, 2.24) is 9.78 Å². The lowest BCUT2D eigenvalue weighted by molar-refractivity contribution is 0.0697. The Bertz CT molecular complexity index is 435. The zero-order chi connectivity index (χ0) is 12.6. The fraction of sp³-hybridized carbons (Fsp3) is 0.667. The minimum atomic E-state index is -0.920. The van der Waals surface area contributed by atoms with Crippen molar-refractivity contribution in [2.75, 3.05) is 5.32 Å². The molecule has 94 valence electrons. The van der Waals surface area contributed by atoms with Gasteiger partial charge in [0.15, 0.2) is 0 Å². The Hall–Kier alpha value is -1.52. The predicted molar refractivity (Wildman–Crippen MR) is 65.3 cm³/mol. The van der Waals surface area contributed by atoms with Gasteiger partial charge in [0.1, 0.15) is 11.4 Å². The highest BCUT2D eigenvalue weighted by molar-refractivity contribution is 5.94. The van der Waals surface area contributed by atoms with Crippen molar-refractivity contribution in [1.29, 1.82) is 0 Å². The van der Waals surface area contributed by atoms with Gasteiger partial charge >= 0.3 is 5.97 Å². The van der Waals surface area contributed by atoms with E-state index in [9.17, 15) is 9.90 Å². The van der Waals surface area contributed by atoms with Crippen LogP contribution in [0.5, 0.6) is 0 Å². The lowest BCUT2D eigenvalue weighted by Crippen LogP contribution is -2.19. The van der Waals surface area contributed by atoms with Gasteiger partial charge in [-0.3, -0.25) is 4.68 Å². The maximum absolute atomic E-state index is 11.2. The summed E-state index contributed by atoms with van der Waals surface area (Å²) in [7, 11) is 1.77. The molecule has 1 heterocycles. The third kappa shape index (κ3) is 2.60. The van der Waals surface area contributed by atoms with Crippen LogP contribution in [-0.2, 0) is 7.05 Å². The molecule has 5 nitrogen and oxygen atoms in total. The molecule has 0 radical (unpaired) electrons. The van der Waals surface area contributed by atoms with Crippen LogP contribution in [0.15, 0.2) is 0 Å². The molecule has 1 unspecified atom stereocenters. The number of rotatable bonds is 5. The summed E-state index contributed by atoms with van der Waals surface area (Å²) >= 11 is 0. The van der Waals surface area contributed by atoms with E-state index in [0.29, 0.717) is 11.5 Å². The number of anilines is 1. The number of hydrogen-bond donors (Lipinski definition) is 2. The Balaban J connectivity index is 2.15. The molecule has 1 fully saturated rings. The van der Waals surface area contributed by atoms with Gasteiger partial charge in [0.05, 0.1) is 5.69 Å². The van der Waals surface area contributed by atoms with Gasteiger partial charge in [-0.1, -0.05) is 12.8 Å². The molecular weight excluding hydrogens is 218 g/mol. The molecule has 0 amide bonds. The Morgan fingerprint density at radius 1 is 1.65 bits per heavy atom. The van der Waals surface area contributed by atoms with E-state index in [1.165, 1.54) is 12.8 Å². The largest absolute Gasteiger partial charge is 0.477 e. The van der Waals surface area contributed by atoms with E-state index >= 15 is 0 Å². The van der Waals surface area contributed by atoms with Crippen LogP contribution >= 0.6 is 0 Å². The fourth-order valence-corrected chi connectivity index (χ4v) is 2.23. The minimum absolute atomic E-state index is 0.287. The van der Waals surface area contributed by atoms with E-state index in [1.54, 1.807) is 18.7 Å². The molecule has 1 aromatic heterocycles. The highest BCUT2D eigenvalue weighted by Crippen LogP contribution is 2.34. The topological polar surface area (TPSA) is 67.2 Å². The second-order valence-electron chi connectivity index (χ2n) is 4.96. The molecule has 0 spiro atoms. The first-order valence-corrected chi connectivity index (χ1v) is 6.02. The highest BCUT2D eigenvalue weighted by atomic mass is 16.4. The smallest absolute Gasteiger partial charge is 0.341 e. The first-order chi connectivity index (χ1) is 7.99. The SMILES string of the molecule is Cc1nn(C)c(NC(C)CC2CC2)c1C(=O)O. The maximum Gasteiger partial charge on any atom is 0.341 e. The number of nitrogens with zero attached hydrogens (tertiary/aromatic N) is 2. The quantitative estimate of drug-likeness (QED) is 0.822. The van der Waals surface area contributed by atoms with E-state index < -0.39 is 5.97 Å². The van der Waals surface area contributed by atoms with Crippen molar-refractivity contribution in [2.45, 2.75) is 39.2 Å². The van der Waals surface area contributed by atoms with E-state index in [4.69, 9.17) is 0 Å². The normalized spacial score (nSPS) is 16.9. The maximum atomic E-state index is 11.2. The monoisotopic (exact) mass is 237 g/mol. The molecule has 5 heteroatoms. The van der Waals surface area contributed by atoms with Crippen molar-refractivity contribution in [3.63, 3.8) is 0 Å². The van der Waals surface area contributed by atoms with Crippen LogP contribution in [0.4, 0.5) is 5.82 Å². The van der Waals surface area contributed by atoms with E-state index in [2.05, 4.69) is 17.3 Å². The van der Waals surface area contributed by atoms with Gasteiger partial charge in [0, 0.05) is 13.1 Å². The van der Waals surface area contributed by atoms with Gasteiger partial charge < -0.3 is 10.4 Å². The van der Waals surface area contributed by atoms with Gasteiger partial charge in [0.2, 0.25) is 0 Å². The number of aryl methyl sites for hydroxylation is 2. The second-order valence-corrected chi connectivity index (χ2v) is 4.96. The van der Waals surface area contributed by atoms with Gasteiger partial charge in [-0.15, -0.1) is 0 Å². The number of aromatic nitrogens is 2. The minimum Gasteiger partial charge on any atom is -0.477 e. The first kappa shape index (κ1) is 12.0. The van der Waals surface area contributed by atoms with Gasteiger partial charge in [0.25, 0.3) is 0 Å². The van der Waals surface area contributed by atoms with Crippen LogP contribution in [0, 0.1) is 12.8 Å². The van der Waals surface area contributed by atoms with Crippen molar-refractivity contribution in [3.8, 4) is 0 Å².